The van der Waals surface area contributed by atoms with Gasteiger partial charge in [-0.15, -0.1) is 0 Å². The summed E-state index contributed by atoms with van der Waals surface area (Å²) in [6.07, 6.45) is 10.7. The van der Waals surface area contributed by atoms with Gasteiger partial charge in [0.1, 0.15) is 42.4 Å². The van der Waals surface area contributed by atoms with Gasteiger partial charge in [-0.05, 0) is 92.1 Å². The molecule has 0 spiro atoms. The van der Waals surface area contributed by atoms with Crippen molar-refractivity contribution >= 4 is 11.6 Å². The van der Waals surface area contributed by atoms with E-state index in [0.717, 1.165) is 109 Å². The summed E-state index contributed by atoms with van der Waals surface area (Å²) < 4.78 is 19.2. The minimum atomic E-state index is -0.200. The second-order valence-corrected chi connectivity index (χ2v) is 15.1. The molecule has 55 heavy (non-hydrogen) atoms. The third kappa shape index (κ3) is 9.67. The van der Waals surface area contributed by atoms with Crippen LogP contribution in [0.25, 0.3) is 11.1 Å². The van der Waals surface area contributed by atoms with Crippen LogP contribution in [0.2, 0.25) is 5.02 Å². The number of piperidine rings is 1. The fraction of sp³-hybridized carbons (Fsp3) is 0.386. The van der Waals surface area contributed by atoms with Crippen molar-refractivity contribution in [1.29, 1.82) is 5.26 Å². The first-order valence-corrected chi connectivity index (χ1v) is 19.6. The van der Waals surface area contributed by atoms with Crippen molar-refractivity contribution < 1.29 is 19.3 Å². The zero-order valence-corrected chi connectivity index (χ0v) is 32.4. The van der Waals surface area contributed by atoms with E-state index in [1.165, 1.54) is 0 Å². The Hall–Kier alpha value is -4.92. The highest BCUT2D eigenvalue weighted by molar-refractivity contribution is 6.32. The zero-order chi connectivity index (χ0) is 38.1. The number of pyridine rings is 1. The Bertz CT molecular complexity index is 2100. The Morgan fingerprint density at radius 1 is 0.891 bits per heavy atom. The van der Waals surface area contributed by atoms with Crippen LogP contribution in [-0.4, -0.2) is 75.3 Å². The zero-order valence-electron chi connectivity index (χ0n) is 31.6. The molecule has 0 saturated carbocycles. The van der Waals surface area contributed by atoms with E-state index in [1.807, 2.05) is 36.7 Å². The number of aliphatic hydroxyl groups excluding tert-OH is 1. The van der Waals surface area contributed by atoms with Crippen LogP contribution < -0.4 is 14.2 Å². The lowest BCUT2D eigenvalue weighted by Crippen LogP contribution is -2.34. The van der Waals surface area contributed by atoms with Crippen LogP contribution in [0, 0.1) is 25.2 Å². The second-order valence-electron chi connectivity index (χ2n) is 14.7. The summed E-state index contributed by atoms with van der Waals surface area (Å²) in [4.78, 5) is 16.7. The molecule has 2 aliphatic rings. The molecule has 286 valence electrons. The number of aliphatic hydroxyl groups is 1. The molecule has 2 aromatic heterocycles. The molecule has 0 aliphatic carbocycles. The van der Waals surface area contributed by atoms with Crippen LogP contribution in [-0.2, 0) is 19.8 Å². The number of hydrogen-bond donors (Lipinski definition) is 2. The number of nitrogens with zero attached hydrogens (tertiary/aromatic N) is 5. The minimum Gasteiger partial charge on any atom is -0.493 e. The van der Waals surface area contributed by atoms with Gasteiger partial charge in [0.25, 0.3) is 0 Å². The molecule has 10 nitrogen and oxygen atoms in total. The molecule has 7 rings (SSSR count). The van der Waals surface area contributed by atoms with Crippen molar-refractivity contribution in [2.75, 3.05) is 39.3 Å². The summed E-state index contributed by atoms with van der Waals surface area (Å²) in [6, 6.07) is 20.3. The average molecular weight is 761 g/mol. The van der Waals surface area contributed by atoms with Crippen LogP contribution in [0.4, 0.5) is 0 Å². The molecule has 0 bridgehead atoms. The summed E-state index contributed by atoms with van der Waals surface area (Å²) in [5.74, 6) is 3.46. The number of nitrogens with one attached hydrogen (secondary N) is 1. The van der Waals surface area contributed by atoms with E-state index in [2.05, 4.69) is 68.9 Å². The lowest BCUT2D eigenvalue weighted by molar-refractivity contribution is 0.173. The third-order valence-corrected chi connectivity index (χ3v) is 11.1. The molecule has 2 fully saturated rings. The van der Waals surface area contributed by atoms with Crippen molar-refractivity contribution in [2.24, 2.45) is 0 Å². The van der Waals surface area contributed by atoms with E-state index in [1.54, 1.807) is 18.5 Å². The number of nitriles is 1. The number of imidazole rings is 1. The standard InChI is InChI=1S/C44H49ClN6O4/c1-30-35(7-3-9-38(30)39-10-4-11-41(31(39)2)53-18-6-16-50-17-12-37(52)27-50)29-55-43-21-42(54-28-33-19-32(22-46)23-47-24-33)36(20-40(43)45)26-51-15-5-8-34(25-51)44-48-13-14-49-44/h3-4,7,9-11,13-14,19-21,23-24,34,37,52H,5-6,8,12,15-18,25-29H2,1-2H3,(H,48,49)/t34?,37-/m1/s1. The average Bonchev–Trinajstić information content (AvgIpc) is 3.90. The molecule has 0 amide bonds. The van der Waals surface area contributed by atoms with Crippen molar-refractivity contribution in [3.8, 4) is 34.4 Å². The normalized spacial score (nSPS) is 17.6. The van der Waals surface area contributed by atoms with Crippen LogP contribution in [0.3, 0.4) is 0 Å². The van der Waals surface area contributed by atoms with E-state index in [4.69, 9.17) is 25.8 Å². The number of aromatic amines is 1. The Morgan fingerprint density at radius 2 is 1.73 bits per heavy atom. The monoisotopic (exact) mass is 760 g/mol. The fourth-order valence-corrected chi connectivity index (χ4v) is 7.97. The molecule has 2 saturated heterocycles. The molecule has 5 aromatic rings. The van der Waals surface area contributed by atoms with Crippen LogP contribution in [0.5, 0.6) is 17.2 Å². The maximum absolute atomic E-state index is 9.82. The van der Waals surface area contributed by atoms with E-state index >= 15 is 0 Å². The summed E-state index contributed by atoms with van der Waals surface area (Å²) in [6.45, 7) is 10.6. The maximum atomic E-state index is 9.82. The first-order chi connectivity index (χ1) is 26.8. The van der Waals surface area contributed by atoms with Crippen molar-refractivity contribution in [3.63, 3.8) is 0 Å². The number of rotatable bonds is 15. The molecule has 0 radical (unpaired) electrons. The largest absolute Gasteiger partial charge is 0.493 e. The van der Waals surface area contributed by atoms with Gasteiger partial charge >= 0.3 is 0 Å². The lowest BCUT2D eigenvalue weighted by Gasteiger charge is -2.32. The van der Waals surface area contributed by atoms with Gasteiger partial charge in [-0.2, -0.15) is 5.26 Å². The molecule has 2 atom stereocenters. The smallest absolute Gasteiger partial charge is 0.142 e. The van der Waals surface area contributed by atoms with E-state index in [0.29, 0.717) is 47.8 Å². The maximum Gasteiger partial charge on any atom is 0.142 e. The molecule has 1 unspecified atom stereocenters. The number of halogens is 1. The fourth-order valence-electron chi connectivity index (χ4n) is 7.73. The predicted octanol–water partition coefficient (Wildman–Crippen LogP) is 7.99. The van der Waals surface area contributed by atoms with E-state index in [-0.39, 0.29) is 12.7 Å². The number of β-amino-alcohol motifs (C(OH)–C–C–N with tert-alkyl or cyclic N) is 1. The SMILES string of the molecule is Cc1c(COc2cc(OCc3cncc(C#N)c3)c(CN3CCCC(c4ncc[nH]4)C3)cc2Cl)cccc1-c1cccc(OCCCN2CC[C@@H](O)C2)c1C. The van der Waals surface area contributed by atoms with Gasteiger partial charge in [-0.1, -0.05) is 41.9 Å². The molecule has 2 aliphatic heterocycles. The lowest BCUT2D eigenvalue weighted by atomic mass is 9.93. The Morgan fingerprint density at radius 3 is 2.53 bits per heavy atom. The van der Waals surface area contributed by atoms with E-state index in [9.17, 15) is 10.4 Å². The van der Waals surface area contributed by atoms with E-state index < -0.39 is 0 Å². The van der Waals surface area contributed by atoms with Gasteiger partial charge < -0.3 is 29.2 Å². The summed E-state index contributed by atoms with van der Waals surface area (Å²) in [5, 5.41) is 19.7. The first kappa shape index (κ1) is 38.4. The topological polar surface area (TPSA) is 120 Å². The quantitative estimate of drug-likeness (QED) is 0.102. The number of benzene rings is 3. The Kier molecular flexibility index (Phi) is 12.7. The highest BCUT2D eigenvalue weighted by atomic mass is 35.5. The van der Waals surface area contributed by atoms with Crippen LogP contribution in [0.15, 0.2) is 79.4 Å². The van der Waals surface area contributed by atoms with Gasteiger partial charge in [0.15, 0.2) is 0 Å². The molecule has 4 heterocycles. The molecular formula is C44H49ClN6O4. The molecular weight excluding hydrogens is 712 g/mol. The molecule has 11 heteroatoms. The molecule has 3 aromatic carbocycles. The summed E-state index contributed by atoms with van der Waals surface area (Å²) >= 11 is 6.96. The number of hydrogen-bond acceptors (Lipinski definition) is 9. The number of H-pyrrole nitrogens is 1. The van der Waals surface area contributed by atoms with Gasteiger partial charge in [0.05, 0.1) is 23.3 Å². The summed E-state index contributed by atoms with van der Waals surface area (Å²) in [5.41, 5.74) is 7.78. The van der Waals surface area contributed by atoms with Gasteiger partial charge in [0, 0.05) is 80.6 Å². The highest BCUT2D eigenvalue weighted by Gasteiger charge is 2.25. The predicted molar refractivity (Wildman–Crippen MR) is 213 cm³/mol. The van der Waals surface area contributed by atoms with Gasteiger partial charge in [-0.3, -0.25) is 9.88 Å². The second kappa shape index (κ2) is 18.1. The van der Waals surface area contributed by atoms with Crippen LogP contribution in [0.1, 0.15) is 70.8 Å². The van der Waals surface area contributed by atoms with Crippen molar-refractivity contribution in [1.82, 2.24) is 24.8 Å². The van der Waals surface area contributed by atoms with Gasteiger partial charge in [0.2, 0.25) is 0 Å². The van der Waals surface area contributed by atoms with Crippen molar-refractivity contribution in [2.45, 2.75) is 71.3 Å². The number of ether oxygens (including phenoxy) is 3. The third-order valence-electron chi connectivity index (χ3n) is 10.8. The number of aromatic nitrogens is 3. The highest BCUT2D eigenvalue weighted by Crippen LogP contribution is 2.37. The van der Waals surface area contributed by atoms with Crippen LogP contribution >= 0.6 is 11.6 Å². The summed E-state index contributed by atoms with van der Waals surface area (Å²) in [7, 11) is 0. The van der Waals surface area contributed by atoms with Crippen molar-refractivity contribution in [3.05, 3.63) is 124 Å². The Labute approximate surface area is 328 Å². The minimum absolute atomic E-state index is 0.200. The number of likely N-dealkylation sites (tertiary alicyclic amines) is 2. The Balaban J connectivity index is 1.06. The first-order valence-electron chi connectivity index (χ1n) is 19.2. The van der Waals surface area contributed by atoms with Gasteiger partial charge in [-0.25, -0.2) is 4.98 Å². The molecule has 2 N–H and O–H groups in total.